The van der Waals surface area contributed by atoms with Crippen molar-refractivity contribution in [1.29, 1.82) is 0 Å². The quantitative estimate of drug-likeness (QED) is 0.875. The van der Waals surface area contributed by atoms with E-state index in [0.717, 1.165) is 4.47 Å². The van der Waals surface area contributed by atoms with Crippen LogP contribution >= 0.6 is 15.9 Å². The van der Waals surface area contributed by atoms with E-state index in [1.807, 2.05) is 18.2 Å². The number of hydrogen-bond acceptors (Lipinski definition) is 4. The molecule has 0 bridgehead atoms. The van der Waals surface area contributed by atoms with Gasteiger partial charge in [-0.05, 0) is 34.1 Å². The number of para-hydroxylation sites is 1. The number of amides is 2. The SMILES string of the molecule is O=C(Nc1ccccc1Br)c1cncc(C(=O)N2CCOCC2)c1. The molecule has 2 aromatic rings. The average molecular weight is 390 g/mol. The summed E-state index contributed by atoms with van der Waals surface area (Å²) in [5.41, 5.74) is 1.40. The number of carbonyl (C=O) groups excluding carboxylic acids is 2. The van der Waals surface area contributed by atoms with Crippen LogP contribution in [0, 0.1) is 0 Å². The summed E-state index contributed by atoms with van der Waals surface area (Å²) in [6.07, 6.45) is 2.93. The third kappa shape index (κ3) is 3.80. The molecule has 2 amide bonds. The van der Waals surface area contributed by atoms with Crippen LogP contribution in [0.2, 0.25) is 0 Å². The number of aromatic nitrogens is 1. The molecule has 124 valence electrons. The minimum absolute atomic E-state index is 0.138. The number of halogens is 1. The van der Waals surface area contributed by atoms with Gasteiger partial charge >= 0.3 is 0 Å². The third-order valence-electron chi connectivity index (χ3n) is 3.67. The van der Waals surface area contributed by atoms with Crippen LogP contribution in [-0.4, -0.2) is 48.0 Å². The van der Waals surface area contributed by atoms with Crippen LogP contribution in [0.15, 0.2) is 47.2 Å². The molecule has 0 unspecified atom stereocenters. The van der Waals surface area contributed by atoms with Crippen LogP contribution in [0.3, 0.4) is 0 Å². The number of ether oxygens (including phenoxy) is 1. The molecule has 1 fully saturated rings. The monoisotopic (exact) mass is 389 g/mol. The molecule has 2 heterocycles. The predicted octanol–water partition coefficient (Wildman–Crippen LogP) is 2.57. The van der Waals surface area contributed by atoms with Gasteiger partial charge in [-0.3, -0.25) is 14.6 Å². The lowest BCUT2D eigenvalue weighted by Crippen LogP contribution is -2.40. The highest BCUT2D eigenvalue weighted by molar-refractivity contribution is 9.10. The zero-order valence-electron chi connectivity index (χ0n) is 12.9. The van der Waals surface area contributed by atoms with Crippen molar-refractivity contribution in [1.82, 2.24) is 9.88 Å². The van der Waals surface area contributed by atoms with Crippen molar-refractivity contribution in [2.45, 2.75) is 0 Å². The molecule has 6 nitrogen and oxygen atoms in total. The molecule has 0 atom stereocenters. The first-order valence-electron chi connectivity index (χ1n) is 7.53. The molecule has 0 spiro atoms. The zero-order chi connectivity index (χ0) is 16.9. The Morgan fingerprint density at radius 2 is 1.83 bits per heavy atom. The van der Waals surface area contributed by atoms with Gasteiger partial charge in [0.2, 0.25) is 0 Å². The molecule has 0 saturated carbocycles. The Hall–Kier alpha value is -2.25. The lowest BCUT2D eigenvalue weighted by molar-refractivity contribution is 0.0302. The number of hydrogen-bond donors (Lipinski definition) is 1. The molecule has 1 N–H and O–H groups in total. The molecule has 7 heteroatoms. The van der Waals surface area contributed by atoms with Crippen LogP contribution in [0.4, 0.5) is 5.69 Å². The van der Waals surface area contributed by atoms with Crippen molar-refractivity contribution in [2.75, 3.05) is 31.6 Å². The molecule has 1 aliphatic heterocycles. The van der Waals surface area contributed by atoms with Gasteiger partial charge in [-0.2, -0.15) is 0 Å². The van der Waals surface area contributed by atoms with Crippen LogP contribution in [0.1, 0.15) is 20.7 Å². The number of rotatable bonds is 3. The first-order valence-corrected chi connectivity index (χ1v) is 8.32. The van der Waals surface area contributed by atoms with E-state index in [1.54, 1.807) is 17.0 Å². The molecule has 3 rings (SSSR count). The molecule has 0 radical (unpaired) electrons. The van der Waals surface area contributed by atoms with Crippen molar-refractivity contribution in [3.8, 4) is 0 Å². The molecular formula is C17H16BrN3O3. The summed E-state index contributed by atoms with van der Waals surface area (Å²) in [5, 5.41) is 2.80. The van der Waals surface area contributed by atoms with Crippen LogP contribution in [0.25, 0.3) is 0 Å². The number of pyridine rings is 1. The van der Waals surface area contributed by atoms with Gasteiger partial charge in [0, 0.05) is 30.0 Å². The van der Waals surface area contributed by atoms with E-state index in [2.05, 4.69) is 26.2 Å². The smallest absolute Gasteiger partial charge is 0.257 e. The predicted molar refractivity (Wildman–Crippen MR) is 93.1 cm³/mol. The Morgan fingerprint density at radius 3 is 2.58 bits per heavy atom. The van der Waals surface area contributed by atoms with E-state index in [0.29, 0.717) is 43.1 Å². The molecular weight excluding hydrogens is 374 g/mol. The molecule has 1 aromatic carbocycles. The van der Waals surface area contributed by atoms with E-state index in [9.17, 15) is 9.59 Å². The van der Waals surface area contributed by atoms with E-state index in [1.165, 1.54) is 12.4 Å². The molecule has 24 heavy (non-hydrogen) atoms. The maximum Gasteiger partial charge on any atom is 0.257 e. The van der Waals surface area contributed by atoms with Gasteiger partial charge in [-0.1, -0.05) is 12.1 Å². The summed E-state index contributed by atoms with van der Waals surface area (Å²) in [6, 6.07) is 8.89. The van der Waals surface area contributed by atoms with Crippen molar-refractivity contribution in [2.24, 2.45) is 0 Å². The summed E-state index contributed by atoms with van der Waals surface area (Å²) in [6.45, 7) is 2.15. The van der Waals surface area contributed by atoms with Gasteiger partial charge in [-0.15, -0.1) is 0 Å². The van der Waals surface area contributed by atoms with Gasteiger partial charge in [0.15, 0.2) is 0 Å². The highest BCUT2D eigenvalue weighted by atomic mass is 79.9. The highest BCUT2D eigenvalue weighted by Gasteiger charge is 2.20. The van der Waals surface area contributed by atoms with Crippen molar-refractivity contribution in [3.63, 3.8) is 0 Å². The highest BCUT2D eigenvalue weighted by Crippen LogP contribution is 2.22. The van der Waals surface area contributed by atoms with E-state index in [4.69, 9.17) is 4.74 Å². The summed E-state index contributed by atoms with van der Waals surface area (Å²) >= 11 is 3.38. The van der Waals surface area contributed by atoms with E-state index >= 15 is 0 Å². The number of benzene rings is 1. The minimum atomic E-state index is -0.314. The molecule has 1 aromatic heterocycles. The number of carbonyl (C=O) groups is 2. The summed E-state index contributed by atoms with van der Waals surface area (Å²) < 4.78 is 6.03. The van der Waals surface area contributed by atoms with Gasteiger partial charge in [0.05, 0.1) is 30.0 Å². The fourth-order valence-corrected chi connectivity index (χ4v) is 2.77. The van der Waals surface area contributed by atoms with Crippen molar-refractivity contribution in [3.05, 3.63) is 58.3 Å². The second-order valence-electron chi connectivity index (χ2n) is 5.30. The normalized spacial score (nSPS) is 14.3. The van der Waals surface area contributed by atoms with Gasteiger partial charge < -0.3 is 15.0 Å². The van der Waals surface area contributed by atoms with Gasteiger partial charge in [0.25, 0.3) is 11.8 Å². The topological polar surface area (TPSA) is 71.5 Å². The van der Waals surface area contributed by atoms with E-state index < -0.39 is 0 Å². The fraction of sp³-hybridized carbons (Fsp3) is 0.235. The fourth-order valence-electron chi connectivity index (χ4n) is 2.39. The Balaban J connectivity index is 1.76. The van der Waals surface area contributed by atoms with Crippen LogP contribution in [0.5, 0.6) is 0 Å². The Bertz CT molecular complexity index is 760. The summed E-state index contributed by atoms with van der Waals surface area (Å²) in [7, 11) is 0. The Kier molecular flexibility index (Phi) is 5.22. The van der Waals surface area contributed by atoms with E-state index in [-0.39, 0.29) is 11.8 Å². The average Bonchev–Trinajstić information content (AvgIpc) is 2.64. The number of anilines is 1. The van der Waals surface area contributed by atoms with Crippen molar-refractivity contribution < 1.29 is 14.3 Å². The zero-order valence-corrected chi connectivity index (χ0v) is 14.5. The standard InChI is InChI=1S/C17H16BrN3O3/c18-14-3-1-2-4-15(14)20-16(22)12-9-13(11-19-10-12)17(23)21-5-7-24-8-6-21/h1-4,9-11H,5-8H2,(H,20,22). The maximum absolute atomic E-state index is 12.5. The minimum Gasteiger partial charge on any atom is -0.378 e. The lowest BCUT2D eigenvalue weighted by atomic mass is 10.1. The summed E-state index contributed by atoms with van der Waals surface area (Å²) in [4.78, 5) is 30.6. The van der Waals surface area contributed by atoms with Gasteiger partial charge in [-0.25, -0.2) is 0 Å². The largest absolute Gasteiger partial charge is 0.378 e. The van der Waals surface area contributed by atoms with Crippen molar-refractivity contribution >= 4 is 33.4 Å². The first kappa shape index (κ1) is 16.6. The van der Waals surface area contributed by atoms with Crippen LogP contribution in [-0.2, 0) is 4.74 Å². The maximum atomic E-state index is 12.5. The van der Waals surface area contributed by atoms with Gasteiger partial charge in [0.1, 0.15) is 0 Å². The third-order valence-corrected chi connectivity index (χ3v) is 4.36. The lowest BCUT2D eigenvalue weighted by Gasteiger charge is -2.26. The molecule has 0 aliphatic carbocycles. The first-order chi connectivity index (χ1) is 11.6. The number of morpholine rings is 1. The number of nitrogens with one attached hydrogen (secondary N) is 1. The second-order valence-corrected chi connectivity index (χ2v) is 6.16. The number of nitrogens with zero attached hydrogens (tertiary/aromatic N) is 2. The molecule has 1 saturated heterocycles. The molecule has 1 aliphatic rings. The Labute approximate surface area is 148 Å². The van der Waals surface area contributed by atoms with Crippen LogP contribution < -0.4 is 5.32 Å². The second kappa shape index (κ2) is 7.55. The summed E-state index contributed by atoms with van der Waals surface area (Å²) in [5.74, 6) is -0.452. The Morgan fingerprint density at radius 1 is 1.12 bits per heavy atom.